The fraction of sp³-hybridized carbons (Fsp3) is 0. The molecule has 0 saturated heterocycles. The molecule has 0 bridgehead atoms. The van der Waals surface area contributed by atoms with E-state index < -0.39 is 0 Å². The van der Waals surface area contributed by atoms with Crippen LogP contribution in [0.4, 0.5) is 0 Å². The summed E-state index contributed by atoms with van der Waals surface area (Å²) in [5, 5.41) is 2.32. The van der Waals surface area contributed by atoms with Crippen LogP contribution >= 0.6 is 20.2 Å². The Morgan fingerprint density at radius 1 is 2.00 bits per heavy atom. The molecule has 0 aromatic heterocycles. The maximum absolute atomic E-state index is 4.71. The van der Waals surface area contributed by atoms with Crippen LogP contribution in [0.2, 0.25) is 0 Å². The topological polar surface area (TPSA) is 38.0 Å². The summed E-state index contributed by atoms with van der Waals surface area (Å²) in [5.74, 6) is 4.71. The molecule has 0 aliphatic rings. The molecular formula is H5N2PS. The molecule has 0 radical (unpaired) electrons. The van der Waals surface area contributed by atoms with Crippen LogP contribution in [-0.2, 0) is 0 Å². The highest BCUT2D eigenvalue weighted by atomic mass is 32.7. The number of nitrogens with two attached hydrogens (primary N) is 1. The molecule has 1 unspecified atom stereocenters. The van der Waals surface area contributed by atoms with E-state index in [1.807, 2.05) is 0 Å². The van der Waals surface area contributed by atoms with Gasteiger partial charge in [0, 0.05) is 7.93 Å². The first-order valence-corrected chi connectivity index (χ1v) is 3.05. The van der Waals surface area contributed by atoms with Gasteiger partial charge in [-0.05, 0) is 0 Å². The number of hydrogen-bond donors (Lipinski definition) is 3. The van der Waals surface area contributed by atoms with E-state index in [-0.39, 0.29) is 0 Å². The third-order valence-corrected chi connectivity index (χ3v) is 0.581. The minimum atomic E-state index is 0.363. The number of rotatable bonds is 1. The quantitative estimate of drug-likeness (QED) is 0.184. The second-order valence-corrected chi connectivity index (χ2v) is 1.44. The Hall–Kier alpha value is 0.700. The zero-order valence-corrected chi connectivity index (χ0v) is 3.92. The Bertz CT molecular complexity index is 8.00. The lowest BCUT2D eigenvalue weighted by Crippen LogP contribution is -2.06. The van der Waals surface area contributed by atoms with Crippen molar-refractivity contribution in [1.82, 2.24) is 5.20 Å². The van der Waals surface area contributed by atoms with Crippen molar-refractivity contribution in [2.24, 2.45) is 5.84 Å². The summed E-state index contributed by atoms with van der Waals surface area (Å²) in [6.45, 7) is 0. The monoisotopic (exact) mass is 96.0 g/mol. The maximum Gasteiger partial charge on any atom is 0.0185 e. The first-order chi connectivity index (χ1) is 1.91. The zero-order chi connectivity index (χ0) is 3.41. The Labute approximate surface area is 32.1 Å². The van der Waals surface area contributed by atoms with E-state index in [4.69, 9.17) is 5.84 Å². The normalized spacial score (nSPS) is 10.5. The number of hydrogen-bond acceptors (Lipinski definition) is 3. The summed E-state index contributed by atoms with van der Waals surface area (Å²) >= 11 is 3.71. The van der Waals surface area contributed by atoms with Gasteiger partial charge >= 0.3 is 0 Å². The van der Waals surface area contributed by atoms with Gasteiger partial charge in [0.2, 0.25) is 0 Å². The molecule has 26 valence electrons. The molecule has 3 N–H and O–H groups in total. The maximum atomic E-state index is 4.71. The SMILES string of the molecule is NNPS. The standard InChI is InChI=1S/H5N2PS/c1-2-3-4/h2-4H,1H2. The predicted molar refractivity (Wildman–Crippen MR) is 24.6 cm³/mol. The first kappa shape index (κ1) is 4.70. The molecule has 0 rings (SSSR count). The molecule has 0 aromatic rings. The fourth-order valence-electron chi connectivity index (χ4n) is 0. The van der Waals surface area contributed by atoms with E-state index >= 15 is 0 Å². The minimum absolute atomic E-state index is 0.363. The van der Waals surface area contributed by atoms with Gasteiger partial charge in [-0.2, -0.15) is 0 Å². The van der Waals surface area contributed by atoms with Crippen LogP contribution in [0.1, 0.15) is 0 Å². The highest BCUT2D eigenvalue weighted by Crippen LogP contribution is 2.01. The van der Waals surface area contributed by atoms with Crippen molar-refractivity contribution in [3.8, 4) is 0 Å². The lowest BCUT2D eigenvalue weighted by atomic mass is 13.0. The van der Waals surface area contributed by atoms with Gasteiger partial charge in [0.05, 0.1) is 0 Å². The Kier molecular flexibility index (Phi) is 4.35. The summed E-state index contributed by atoms with van der Waals surface area (Å²) < 4.78 is 0. The van der Waals surface area contributed by atoms with E-state index in [2.05, 4.69) is 17.4 Å². The molecule has 0 fully saturated rings. The number of nitrogens with one attached hydrogen (secondary N) is 1. The molecule has 4 heteroatoms. The van der Waals surface area contributed by atoms with Gasteiger partial charge in [-0.1, -0.05) is 0 Å². The van der Waals surface area contributed by atoms with E-state index in [1.54, 1.807) is 0 Å². The van der Waals surface area contributed by atoms with E-state index in [0.29, 0.717) is 7.93 Å². The summed E-state index contributed by atoms with van der Waals surface area (Å²) in [4.78, 5) is 0. The van der Waals surface area contributed by atoms with Gasteiger partial charge in [-0.15, -0.1) is 12.2 Å². The van der Waals surface area contributed by atoms with Crippen LogP contribution in [0.15, 0.2) is 0 Å². The molecule has 0 aliphatic carbocycles. The Morgan fingerprint density at radius 2 is 2.25 bits per heavy atom. The third-order valence-electron chi connectivity index (χ3n) is 0.0645. The molecule has 4 heavy (non-hydrogen) atoms. The number of thiol groups is 1. The first-order valence-electron chi connectivity index (χ1n) is 0.762. The van der Waals surface area contributed by atoms with Crippen LogP contribution in [0.3, 0.4) is 0 Å². The zero-order valence-electron chi connectivity index (χ0n) is 2.02. The van der Waals surface area contributed by atoms with Crippen molar-refractivity contribution < 1.29 is 0 Å². The molecule has 0 saturated carbocycles. The third kappa shape index (κ3) is 2.70. The van der Waals surface area contributed by atoms with Crippen molar-refractivity contribution in [3.63, 3.8) is 0 Å². The summed E-state index contributed by atoms with van der Waals surface area (Å²) in [5.41, 5.74) is 0. The highest BCUT2D eigenvalue weighted by Gasteiger charge is 1.50. The van der Waals surface area contributed by atoms with Gasteiger partial charge in [0.25, 0.3) is 0 Å². The average Bonchev–Trinajstić information content (AvgIpc) is 1.37. The lowest BCUT2D eigenvalue weighted by Gasteiger charge is -1.76. The van der Waals surface area contributed by atoms with E-state index in [9.17, 15) is 0 Å². The average molecular weight is 96.1 g/mol. The van der Waals surface area contributed by atoms with Crippen molar-refractivity contribution in [3.05, 3.63) is 0 Å². The number of hydrazine groups is 1. The van der Waals surface area contributed by atoms with Crippen molar-refractivity contribution >= 4 is 20.2 Å². The molecule has 0 spiro atoms. The second-order valence-electron chi connectivity index (χ2n) is 0.256. The molecule has 2 nitrogen and oxygen atoms in total. The van der Waals surface area contributed by atoms with Gasteiger partial charge < -0.3 is 0 Å². The van der Waals surface area contributed by atoms with Crippen molar-refractivity contribution in [1.29, 1.82) is 0 Å². The van der Waals surface area contributed by atoms with Gasteiger partial charge in [0.1, 0.15) is 0 Å². The van der Waals surface area contributed by atoms with Crippen LogP contribution in [0.25, 0.3) is 0 Å². The molecule has 0 aromatic carbocycles. The van der Waals surface area contributed by atoms with Crippen LogP contribution < -0.4 is 11.0 Å². The molecule has 0 aliphatic heterocycles. The summed E-state index contributed by atoms with van der Waals surface area (Å²) in [6.07, 6.45) is 0. The second kappa shape index (κ2) is 3.70. The van der Waals surface area contributed by atoms with Crippen molar-refractivity contribution in [2.75, 3.05) is 0 Å². The van der Waals surface area contributed by atoms with Gasteiger partial charge in [0.15, 0.2) is 0 Å². The minimum Gasteiger partial charge on any atom is -0.267 e. The smallest absolute Gasteiger partial charge is 0.0185 e. The van der Waals surface area contributed by atoms with Crippen molar-refractivity contribution in [2.45, 2.75) is 0 Å². The molecule has 1 atom stereocenters. The van der Waals surface area contributed by atoms with Crippen LogP contribution in [0, 0.1) is 0 Å². The Balaban J connectivity index is 1.97. The lowest BCUT2D eigenvalue weighted by molar-refractivity contribution is 1.12. The van der Waals surface area contributed by atoms with Crippen LogP contribution in [-0.4, -0.2) is 0 Å². The Morgan fingerprint density at radius 3 is 2.25 bits per heavy atom. The van der Waals surface area contributed by atoms with E-state index in [0.717, 1.165) is 0 Å². The fourth-order valence-corrected chi connectivity index (χ4v) is 0. The predicted octanol–water partition coefficient (Wildman–Crippen LogP) is -0.112. The molecule has 0 heterocycles. The molecule has 0 amide bonds. The van der Waals surface area contributed by atoms with Gasteiger partial charge in [-0.3, -0.25) is 5.84 Å². The summed E-state index contributed by atoms with van der Waals surface area (Å²) in [7, 11) is 0.363. The van der Waals surface area contributed by atoms with Gasteiger partial charge in [-0.25, -0.2) is 5.20 Å². The largest absolute Gasteiger partial charge is 0.267 e. The highest BCUT2D eigenvalue weighted by molar-refractivity contribution is 8.37. The molecular weight excluding hydrogens is 91.1 g/mol. The summed E-state index contributed by atoms with van der Waals surface area (Å²) in [6, 6.07) is 0. The van der Waals surface area contributed by atoms with E-state index in [1.165, 1.54) is 0 Å². The van der Waals surface area contributed by atoms with Crippen LogP contribution in [0.5, 0.6) is 0 Å².